The number of anilines is 1. The first-order valence-electron chi connectivity index (χ1n) is 5.27. The van der Waals surface area contributed by atoms with Crippen molar-refractivity contribution < 1.29 is 4.79 Å². The molecule has 1 atom stereocenters. The number of benzene rings is 1. The monoisotopic (exact) mass is 230 g/mol. The van der Waals surface area contributed by atoms with Gasteiger partial charge >= 0.3 is 0 Å². The summed E-state index contributed by atoms with van der Waals surface area (Å²) in [7, 11) is 1.78. The van der Waals surface area contributed by atoms with Crippen molar-refractivity contribution in [2.45, 2.75) is 6.04 Å². The molecule has 0 fully saturated rings. The maximum absolute atomic E-state index is 11.8. The molecule has 0 aliphatic carbocycles. The molecule has 2 rings (SSSR count). The minimum Gasteiger partial charge on any atom is -0.322 e. The summed E-state index contributed by atoms with van der Waals surface area (Å²) in [5.41, 5.74) is 7.28. The minimum absolute atomic E-state index is 0.246. The molecule has 88 valence electrons. The van der Waals surface area contributed by atoms with E-state index in [-0.39, 0.29) is 5.91 Å². The molecule has 2 aromatic rings. The lowest BCUT2D eigenvalue weighted by molar-refractivity contribution is -0.117. The van der Waals surface area contributed by atoms with E-state index >= 15 is 0 Å². The van der Waals surface area contributed by atoms with Crippen LogP contribution in [0, 0.1) is 0 Å². The zero-order valence-electron chi connectivity index (χ0n) is 9.50. The summed E-state index contributed by atoms with van der Waals surface area (Å²) in [5.74, 6) is -0.246. The van der Waals surface area contributed by atoms with Gasteiger partial charge in [-0.1, -0.05) is 30.3 Å². The molecule has 1 heterocycles. The fourth-order valence-corrected chi connectivity index (χ4v) is 1.52. The zero-order valence-corrected chi connectivity index (χ0v) is 9.50. The normalized spacial score (nSPS) is 12.1. The van der Waals surface area contributed by atoms with Crippen LogP contribution in [-0.4, -0.2) is 15.7 Å². The zero-order chi connectivity index (χ0) is 12.3. The molecule has 0 aliphatic heterocycles. The lowest BCUT2D eigenvalue weighted by Crippen LogP contribution is -2.27. The number of rotatable bonds is 3. The van der Waals surface area contributed by atoms with E-state index in [1.807, 2.05) is 30.3 Å². The smallest absolute Gasteiger partial charge is 0.245 e. The van der Waals surface area contributed by atoms with Gasteiger partial charge in [-0.3, -0.25) is 9.48 Å². The van der Waals surface area contributed by atoms with Crippen molar-refractivity contribution in [2.75, 3.05) is 5.32 Å². The number of aryl methyl sites for hydroxylation is 1. The maximum atomic E-state index is 11.8. The Morgan fingerprint density at radius 1 is 1.41 bits per heavy atom. The van der Waals surface area contributed by atoms with Crippen LogP contribution < -0.4 is 11.1 Å². The van der Waals surface area contributed by atoms with Crippen LogP contribution in [0.1, 0.15) is 11.6 Å². The van der Waals surface area contributed by atoms with E-state index in [1.165, 1.54) is 0 Å². The summed E-state index contributed by atoms with van der Waals surface area (Å²) in [6, 6.07) is 8.58. The molecule has 0 unspecified atom stereocenters. The topological polar surface area (TPSA) is 72.9 Å². The Labute approximate surface area is 99.2 Å². The van der Waals surface area contributed by atoms with Gasteiger partial charge in [0, 0.05) is 13.2 Å². The summed E-state index contributed by atoms with van der Waals surface area (Å²) < 4.78 is 1.61. The summed E-state index contributed by atoms with van der Waals surface area (Å²) in [6.45, 7) is 0. The van der Waals surface area contributed by atoms with E-state index in [1.54, 1.807) is 24.1 Å². The van der Waals surface area contributed by atoms with Gasteiger partial charge in [0.2, 0.25) is 5.91 Å². The molecule has 0 saturated carbocycles. The molecule has 0 bridgehead atoms. The van der Waals surface area contributed by atoms with Gasteiger partial charge in [-0.2, -0.15) is 5.10 Å². The molecule has 0 radical (unpaired) electrons. The first kappa shape index (κ1) is 11.3. The Kier molecular flexibility index (Phi) is 3.20. The predicted molar refractivity (Wildman–Crippen MR) is 65.2 cm³/mol. The molecular weight excluding hydrogens is 216 g/mol. The van der Waals surface area contributed by atoms with Crippen LogP contribution in [0.15, 0.2) is 42.7 Å². The second-order valence-electron chi connectivity index (χ2n) is 3.78. The molecule has 0 aliphatic rings. The van der Waals surface area contributed by atoms with Crippen molar-refractivity contribution in [3.05, 3.63) is 48.3 Å². The van der Waals surface area contributed by atoms with Gasteiger partial charge in [-0.15, -0.1) is 0 Å². The maximum Gasteiger partial charge on any atom is 0.245 e. The van der Waals surface area contributed by atoms with Crippen molar-refractivity contribution in [1.82, 2.24) is 9.78 Å². The second-order valence-corrected chi connectivity index (χ2v) is 3.78. The number of aromatic nitrogens is 2. The van der Waals surface area contributed by atoms with Gasteiger partial charge in [-0.05, 0) is 5.56 Å². The highest BCUT2D eigenvalue weighted by molar-refractivity contribution is 5.95. The standard InChI is InChI=1S/C12H14N4O/c1-16-8-10(7-14-16)15-12(17)11(13)9-5-3-2-4-6-9/h2-8,11H,13H2,1H3,(H,15,17)/t11-/m0/s1. The van der Waals surface area contributed by atoms with Crippen LogP contribution in [0.4, 0.5) is 5.69 Å². The first-order chi connectivity index (χ1) is 8.16. The van der Waals surface area contributed by atoms with E-state index < -0.39 is 6.04 Å². The number of nitrogens with two attached hydrogens (primary N) is 1. The van der Waals surface area contributed by atoms with Crippen molar-refractivity contribution in [1.29, 1.82) is 0 Å². The van der Waals surface area contributed by atoms with Crippen LogP contribution in [0.25, 0.3) is 0 Å². The van der Waals surface area contributed by atoms with Crippen LogP contribution in [0.2, 0.25) is 0 Å². The second kappa shape index (κ2) is 4.80. The largest absolute Gasteiger partial charge is 0.322 e. The molecule has 5 heteroatoms. The Morgan fingerprint density at radius 3 is 2.71 bits per heavy atom. The van der Waals surface area contributed by atoms with Gasteiger partial charge in [-0.25, -0.2) is 0 Å². The lowest BCUT2D eigenvalue weighted by Gasteiger charge is -2.11. The SMILES string of the molecule is Cn1cc(NC(=O)[C@@H](N)c2ccccc2)cn1. The Bertz CT molecular complexity index is 506. The number of carbonyl (C=O) groups excluding carboxylic acids is 1. The van der Waals surface area contributed by atoms with Crippen LogP contribution in [-0.2, 0) is 11.8 Å². The number of nitrogens with zero attached hydrogens (tertiary/aromatic N) is 2. The third-order valence-electron chi connectivity index (χ3n) is 2.41. The van der Waals surface area contributed by atoms with E-state index in [2.05, 4.69) is 10.4 Å². The quantitative estimate of drug-likeness (QED) is 0.828. The highest BCUT2D eigenvalue weighted by Gasteiger charge is 2.15. The van der Waals surface area contributed by atoms with E-state index in [0.717, 1.165) is 5.56 Å². The number of hydrogen-bond donors (Lipinski definition) is 2. The highest BCUT2D eigenvalue weighted by atomic mass is 16.2. The minimum atomic E-state index is -0.670. The van der Waals surface area contributed by atoms with E-state index in [9.17, 15) is 4.79 Å². The number of carbonyl (C=O) groups is 1. The Balaban J connectivity index is 2.06. The molecule has 0 spiro atoms. The van der Waals surface area contributed by atoms with Gasteiger partial charge in [0.05, 0.1) is 11.9 Å². The molecule has 5 nitrogen and oxygen atoms in total. The van der Waals surface area contributed by atoms with Crippen molar-refractivity contribution in [2.24, 2.45) is 12.8 Å². The Hall–Kier alpha value is -2.14. The average Bonchev–Trinajstić information content (AvgIpc) is 2.75. The van der Waals surface area contributed by atoms with Crippen LogP contribution >= 0.6 is 0 Å². The van der Waals surface area contributed by atoms with Crippen molar-refractivity contribution in [3.8, 4) is 0 Å². The van der Waals surface area contributed by atoms with Gasteiger partial charge in [0.25, 0.3) is 0 Å². The number of nitrogens with one attached hydrogen (secondary N) is 1. The average molecular weight is 230 g/mol. The molecule has 1 aromatic heterocycles. The van der Waals surface area contributed by atoms with Crippen LogP contribution in [0.3, 0.4) is 0 Å². The Morgan fingerprint density at radius 2 is 2.12 bits per heavy atom. The summed E-state index contributed by atoms with van der Waals surface area (Å²) in [6.07, 6.45) is 3.30. The van der Waals surface area contributed by atoms with E-state index in [4.69, 9.17) is 5.73 Å². The van der Waals surface area contributed by atoms with Crippen molar-refractivity contribution >= 4 is 11.6 Å². The molecule has 1 amide bonds. The van der Waals surface area contributed by atoms with E-state index in [0.29, 0.717) is 5.69 Å². The van der Waals surface area contributed by atoms with Crippen LogP contribution in [0.5, 0.6) is 0 Å². The fraction of sp³-hybridized carbons (Fsp3) is 0.167. The van der Waals surface area contributed by atoms with Crippen molar-refractivity contribution in [3.63, 3.8) is 0 Å². The molecule has 0 saturated heterocycles. The third-order valence-corrected chi connectivity index (χ3v) is 2.41. The van der Waals surface area contributed by atoms with Gasteiger partial charge < -0.3 is 11.1 Å². The molecular formula is C12H14N4O. The summed E-state index contributed by atoms with van der Waals surface area (Å²) in [4.78, 5) is 11.8. The van der Waals surface area contributed by atoms with Gasteiger partial charge in [0.15, 0.2) is 0 Å². The first-order valence-corrected chi connectivity index (χ1v) is 5.27. The molecule has 3 N–H and O–H groups in total. The predicted octanol–water partition coefficient (Wildman–Crippen LogP) is 1.06. The number of amides is 1. The fourth-order valence-electron chi connectivity index (χ4n) is 1.52. The molecule has 17 heavy (non-hydrogen) atoms. The lowest BCUT2D eigenvalue weighted by atomic mass is 10.1. The highest BCUT2D eigenvalue weighted by Crippen LogP contribution is 2.12. The molecule has 1 aromatic carbocycles. The summed E-state index contributed by atoms with van der Waals surface area (Å²) >= 11 is 0. The summed E-state index contributed by atoms with van der Waals surface area (Å²) in [5, 5.41) is 6.68. The van der Waals surface area contributed by atoms with Gasteiger partial charge in [0.1, 0.15) is 6.04 Å². The third kappa shape index (κ3) is 2.70. The number of hydrogen-bond acceptors (Lipinski definition) is 3.